The summed E-state index contributed by atoms with van der Waals surface area (Å²) in [5.41, 5.74) is 2.92. The fourth-order valence-electron chi connectivity index (χ4n) is 3.23. The number of hydrogen-bond acceptors (Lipinski definition) is 8. The van der Waals surface area contributed by atoms with Crippen molar-refractivity contribution >= 4 is 47.3 Å². The maximum absolute atomic E-state index is 11.1. The molecule has 0 amide bonds. The van der Waals surface area contributed by atoms with Crippen LogP contribution in [0.25, 0.3) is 24.3 Å². The van der Waals surface area contributed by atoms with E-state index in [2.05, 4.69) is 15.3 Å². The van der Waals surface area contributed by atoms with E-state index in [1.165, 1.54) is 36.4 Å². The van der Waals surface area contributed by atoms with Gasteiger partial charge < -0.3 is 10.4 Å². The maximum Gasteiger partial charge on any atom is 0.270 e. The third-order valence-electron chi connectivity index (χ3n) is 4.94. The van der Waals surface area contributed by atoms with Gasteiger partial charge in [-0.1, -0.05) is 36.4 Å². The van der Waals surface area contributed by atoms with Crippen molar-refractivity contribution in [3.63, 3.8) is 0 Å². The van der Waals surface area contributed by atoms with Gasteiger partial charge in [0.05, 0.1) is 21.2 Å². The Bertz CT molecular complexity index is 1400. The highest BCUT2D eigenvalue weighted by atomic mass is 16.6. The molecule has 0 unspecified atom stereocenters. The predicted octanol–water partition coefficient (Wildman–Crippen LogP) is 6.08. The van der Waals surface area contributed by atoms with Crippen LogP contribution in [0.5, 0.6) is 5.75 Å². The highest BCUT2D eigenvalue weighted by Gasteiger charge is 2.07. The largest absolute Gasteiger partial charge is 0.508 e. The molecule has 2 N–H and O–H groups in total. The Labute approximate surface area is 205 Å². The molecule has 0 aliphatic rings. The fraction of sp³-hybridized carbons (Fsp3) is 0. The van der Waals surface area contributed by atoms with Gasteiger partial charge in [0, 0.05) is 30.0 Å². The van der Waals surface area contributed by atoms with E-state index in [4.69, 9.17) is 0 Å². The fourth-order valence-corrected chi connectivity index (χ4v) is 3.23. The Balaban J connectivity index is 1.67. The van der Waals surface area contributed by atoms with Crippen LogP contribution < -0.4 is 5.32 Å². The molecule has 0 fully saturated rings. The van der Waals surface area contributed by atoms with Gasteiger partial charge in [-0.25, -0.2) is 9.97 Å². The molecule has 0 aliphatic heterocycles. The van der Waals surface area contributed by atoms with Crippen LogP contribution in [-0.2, 0) is 0 Å². The molecule has 0 aliphatic carbocycles. The van der Waals surface area contributed by atoms with Crippen LogP contribution in [0.1, 0.15) is 22.5 Å². The summed E-state index contributed by atoms with van der Waals surface area (Å²) in [6.07, 6.45) is 6.81. The summed E-state index contributed by atoms with van der Waals surface area (Å²) in [7, 11) is 0. The van der Waals surface area contributed by atoms with Gasteiger partial charge in [-0.15, -0.1) is 0 Å². The Morgan fingerprint density at radius 1 is 0.694 bits per heavy atom. The first-order valence-corrected chi connectivity index (χ1v) is 10.7. The first-order valence-electron chi connectivity index (χ1n) is 10.7. The molecular formula is C26H19N5O5. The lowest BCUT2D eigenvalue weighted by Crippen LogP contribution is -2.00. The van der Waals surface area contributed by atoms with Crippen molar-refractivity contribution in [2.45, 2.75) is 0 Å². The smallest absolute Gasteiger partial charge is 0.270 e. The second kappa shape index (κ2) is 10.7. The van der Waals surface area contributed by atoms with Gasteiger partial charge in [0.1, 0.15) is 5.75 Å². The summed E-state index contributed by atoms with van der Waals surface area (Å²) < 4.78 is 0. The molecule has 10 heteroatoms. The summed E-state index contributed by atoms with van der Waals surface area (Å²) in [5.74, 6) is 0.399. The Kier molecular flexibility index (Phi) is 7.06. The average molecular weight is 481 g/mol. The first-order chi connectivity index (χ1) is 17.4. The summed E-state index contributed by atoms with van der Waals surface area (Å²) in [4.78, 5) is 30.2. The van der Waals surface area contributed by atoms with E-state index in [1.54, 1.807) is 66.8 Å². The quantitative estimate of drug-likeness (QED) is 0.175. The number of rotatable bonds is 8. The zero-order valence-electron chi connectivity index (χ0n) is 18.7. The van der Waals surface area contributed by atoms with Gasteiger partial charge in [0.25, 0.3) is 11.4 Å². The SMILES string of the molecule is O=[N+]([O-])c1cccc(/C=C/c2cc(/C=C/c3cccc([N+](=O)[O-])c3)nc(Nc3ccc(O)cc3)n2)c1. The topological polar surface area (TPSA) is 144 Å². The van der Waals surface area contributed by atoms with Crippen LogP contribution >= 0.6 is 0 Å². The van der Waals surface area contributed by atoms with E-state index in [0.29, 0.717) is 28.2 Å². The molecule has 1 heterocycles. The first kappa shape index (κ1) is 23.8. The number of nitrogens with zero attached hydrogens (tertiary/aromatic N) is 4. The molecule has 0 saturated heterocycles. The highest BCUT2D eigenvalue weighted by Crippen LogP contribution is 2.21. The summed E-state index contributed by atoms with van der Waals surface area (Å²) in [6, 6.07) is 20.5. The second-order valence-corrected chi connectivity index (χ2v) is 7.58. The molecule has 3 aromatic carbocycles. The normalized spacial score (nSPS) is 11.1. The summed E-state index contributed by atoms with van der Waals surface area (Å²) >= 11 is 0. The molecule has 178 valence electrons. The molecule has 4 rings (SSSR count). The van der Waals surface area contributed by atoms with Crippen molar-refractivity contribution in [1.82, 2.24) is 9.97 Å². The molecule has 4 aromatic rings. The van der Waals surface area contributed by atoms with Crippen molar-refractivity contribution in [1.29, 1.82) is 0 Å². The third kappa shape index (κ3) is 6.35. The van der Waals surface area contributed by atoms with Gasteiger partial charge in [0.2, 0.25) is 5.95 Å². The molecule has 1 aromatic heterocycles. The Morgan fingerprint density at radius 3 is 1.67 bits per heavy atom. The highest BCUT2D eigenvalue weighted by molar-refractivity contribution is 5.74. The number of hydrogen-bond donors (Lipinski definition) is 2. The minimum atomic E-state index is -0.460. The lowest BCUT2D eigenvalue weighted by molar-refractivity contribution is -0.385. The summed E-state index contributed by atoms with van der Waals surface area (Å²) in [6.45, 7) is 0. The van der Waals surface area contributed by atoms with Gasteiger partial charge in [-0.2, -0.15) is 0 Å². The zero-order chi connectivity index (χ0) is 25.5. The van der Waals surface area contributed by atoms with Gasteiger partial charge >= 0.3 is 0 Å². The van der Waals surface area contributed by atoms with Crippen LogP contribution in [0.2, 0.25) is 0 Å². The molecule has 0 radical (unpaired) electrons. The number of non-ortho nitro benzene ring substituents is 2. The summed E-state index contributed by atoms with van der Waals surface area (Å²) in [5, 5.41) is 34.7. The van der Waals surface area contributed by atoms with Crippen LogP contribution in [-0.4, -0.2) is 24.9 Å². The number of aromatic hydroxyl groups is 1. The van der Waals surface area contributed by atoms with E-state index in [-0.39, 0.29) is 23.1 Å². The van der Waals surface area contributed by atoms with E-state index in [1.807, 2.05) is 0 Å². The zero-order valence-corrected chi connectivity index (χ0v) is 18.7. The monoisotopic (exact) mass is 481 g/mol. The van der Waals surface area contributed by atoms with E-state index >= 15 is 0 Å². The molecule has 0 atom stereocenters. The molecule has 0 bridgehead atoms. The van der Waals surface area contributed by atoms with Crippen molar-refractivity contribution < 1.29 is 15.0 Å². The number of nitro groups is 2. The van der Waals surface area contributed by atoms with Crippen molar-refractivity contribution in [3.05, 3.63) is 122 Å². The minimum Gasteiger partial charge on any atom is -0.508 e. The van der Waals surface area contributed by atoms with Crippen LogP contribution in [0.4, 0.5) is 23.0 Å². The molecular weight excluding hydrogens is 462 g/mol. The van der Waals surface area contributed by atoms with Crippen LogP contribution in [0, 0.1) is 20.2 Å². The number of phenols is 1. The van der Waals surface area contributed by atoms with Crippen molar-refractivity contribution in [2.24, 2.45) is 0 Å². The number of nitrogens with one attached hydrogen (secondary N) is 1. The van der Waals surface area contributed by atoms with Gasteiger partial charge in [-0.05, 0) is 53.6 Å². The minimum absolute atomic E-state index is 0.0184. The number of nitro benzene ring substituents is 2. The average Bonchev–Trinajstić information content (AvgIpc) is 2.88. The van der Waals surface area contributed by atoms with Crippen LogP contribution in [0.15, 0.2) is 78.9 Å². The molecule has 10 nitrogen and oxygen atoms in total. The van der Waals surface area contributed by atoms with E-state index in [0.717, 1.165) is 0 Å². The lowest BCUT2D eigenvalue weighted by atomic mass is 10.1. The number of anilines is 2. The van der Waals surface area contributed by atoms with E-state index < -0.39 is 9.85 Å². The standard InChI is InChI=1S/C26H19N5O5/c32-25-13-11-20(12-14-25)27-26-28-21(9-7-18-3-1-5-23(15-18)30(33)34)17-22(29-26)10-8-19-4-2-6-24(16-19)31(35)36/h1-17,32H,(H,27,28,29)/b9-7+,10-8+. The molecule has 0 spiro atoms. The second-order valence-electron chi connectivity index (χ2n) is 7.58. The van der Waals surface area contributed by atoms with Crippen LogP contribution in [0.3, 0.4) is 0 Å². The lowest BCUT2D eigenvalue weighted by Gasteiger charge is -2.07. The van der Waals surface area contributed by atoms with Gasteiger partial charge in [-0.3, -0.25) is 20.2 Å². The molecule has 36 heavy (non-hydrogen) atoms. The number of phenolic OH excluding ortho intramolecular Hbond substituents is 1. The Morgan fingerprint density at radius 2 is 1.19 bits per heavy atom. The van der Waals surface area contributed by atoms with E-state index in [9.17, 15) is 25.3 Å². The number of benzene rings is 3. The molecule has 0 saturated carbocycles. The predicted molar refractivity (Wildman–Crippen MR) is 137 cm³/mol. The number of aromatic nitrogens is 2. The van der Waals surface area contributed by atoms with Gasteiger partial charge in [0.15, 0.2) is 0 Å². The Hall–Kier alpha value is -5.38. The van der Waals surface area contributed by atoms with Crippen molar-refractivity contribution in [2.75, 3.05) is 5.32 Å². The van der Waals surface area contributed by atoms with Crippen molar-refractivity contribution in [3.8, 4) is 5.75 Å². The maximum atomic E-state index is 11.1. The third-order valence-corrected chi connectivity index (χ3v) is 4.94.